The molecular formula is C12H14N8S. The molecule has 1 saturated carbocycles. The third-order valence-electron chi connectivity index (χ3n) is 3.32. The zero-order valence-corrected chi connectivity index (χ0v) is 12.0. The highest BCUT2D eigenvalue weighted by atomic mass is 32.2. The lowest BCUT2D eigenvalue weighted by Gasteiger charge is -2.02. The van der Waals surface area contributed by atoms with E-state index in [4.69, 9.17) is 0 Å². The van der Waals surface area contributed by atoms with Crippen LogP contribution in [0.15, 0.2) is 23.2 Å². The number of aromatic nitrogens is 7. The van der Waals surface area contributed by atoms with Crippen LogP contribution in [0.5, 0.6) is 0 Å². The van der Waals surface area contributed by atoms with Gasteiger partial charge in [-0.25, -0.2) is 0 Å². The Morgan fingerprint density at radius 1 is 1.38 bits per heavy atom. The first kappa shape index (κ1) is 12.6. The van der Waals surface area contributed by atoms with Crippen molar-refractivity contribution >= 4 is 23.2 Å². The summed E-state index contributed by atoms with van der Waals surface area (Å²) >= 11 is 1.66. The number of hydrogen-bond acceptors (Lipinski definition) is 7. The largest absolute Gasteiger partial charge is 0.368 e. The molecule has 3 aromatic rings. The molecule has 21 heavy (non-hydrogen) atoms. The van der Waals surface area contributed by atoms with E-state index >= 15 is 0 Å². The smallest absolute Gasteiger partial charge is 0.200 e. The van der Waals surface area contributed by atoms with Crippen molar-refractivity contribution in [3.05, 3.63) is 23.9 Å². The molecule has 0 saturated heterocycles. The first-order chi connectivity index (χ1) is 10.4. The van der Waals surface area contributed by atoms with Crippen molar-refractivity contribution in [2.24, 2.45) is 0 Å². The van der Waals surface area contributed by atoms with E-state index < -0.39 is 0 Å². The summed E-state index contributed by atoms with van der Waals surface area (Å²) in [6.07, 6.45) is 2.56. The van der Waals surface area contributed by atoms with Gasteiger partial charge < -0.3 is 5.32 Å². The van der Waals surface area contributed by atoms with E-state index in [1.165, 1.54) is 23.2 Å². The molecule has 0 spiro atoms. The number of nitrogens with one attached hydrogen (secondary N) is 2. The number of rotatable bonds is 6. The molecule has 0 aliphatic heterocycles. The summed E-state index contributed by atoms with van der Waals surface area (Å²) in [4.78, 5) is 0. The van der Waals surface area contributed by atoms with E-state index in [0.29, 0.717) is 11.6 Å². The molecular weight excluding hydrogens is 288 g/mol. The van der Waals surface area contributed by atoms with Crippen LogP contribution >= 0.6 is 11.8 Å². The number of anilines is 1. The van der Waals surface area contributed by atoms with Crippen molar-refractivity contribution in [3.8, 4) is 0 Å². The highest BCUT2D eigenvalue weighted by Crippen LogP contribution is 2.39. The molecule has 1 aliphatic carbocycles. The van der Waals surface area contributed by atoms with Gasteiger partial charge in [0.1, 0.15) is 10.8 Å². The van der Waals surface area contributed by atoms with Crippen molar-refractivity contribution in [3.63, 3.8) is 0 Å². The first-order valence-corrected chi connectivity index (χ1v) is 7.84. The van der Waals surface area contributed by atoms with Crippen molar-refractivity contribution in [2.75, 3.05) is 17.6 Å². The number of fused-ring (bicyclic) bond motifs is 1. The van der Waals surface area contributed by atoms with Crippen molar-refractivity contribution < 1.29 is 0 Å². The lowest BCUT2D eigenvalue weighted by atomic mass is 10.3. The van der Waals surface area contributed by atoms with Gasteiger partial charge in [-0.15, -0.1) is 26.6 Å². The molecule has 0 bridgehead atoms. The van der Waals surface area contributed by atoms with Crippen LogP contribution in [0.3, 0.4) is 0 Å². The molecule has 8 nitrogen and oxygen atoms in total. The van der Waals surface area contributed by atoms with E-state index in [0.717, 1.165) is 23.1 Å². The quantitative estimate of drug-likeness (QED) is 0.523. The van der Waals surface area contributed by atoms with Crippen LogP contribution in [0.25, 0.3) is 5.65 Å². The topological polar surface area (TPSA) is 96.7 Å². The molecule has 0 amide bonds. The van der Waals surface area contributed by atoms with Gasteiger partial charge in [0.2, 0.25) is 0 Å². The maximum Gasteiger partial charge on any atom is 0.200 e. The van der Waals surface area contributed by atoms with Gasteiger partial charge in [-0.1, -0.05) is 0 Å². The monoisotopic (exact) mass is 302 g/mol. The standard InChI is InChI=1S/C12H14N8S/c1-2-8(1)9-7-10(15-14-9)13-5-6-21-12-4-3-11-16-18-19-20(11)17-12/h3-4,7-8H,1-2,5-6H2,(H2,13,14,15). The Hall–Kier alpha value is -2.16. The van der Waals surface area contributed by atoms with Crippen molar-refractivity contribution in [1.29, 1.82) is 0 Å². The van der Waals surface area contributed by atoms with E-state index in [1.807, 2.05) is 12.1 Å². The van der Waals surface area contributed by atoms with E-state index in [-0.39, 0.29) is 0 Å². The van der Waals surface area contributed by atoms with Crippen LogP contribution in [0.1, 0.15) is 24.5 Å². The average molecular weight is 302 g/mol. The summed E-state index contributed by atoms with van der Waals surface area (Å²) < 4.78 is 1.44. The number of thioether (sulfide) groups is 1. The fraction of sp³-hybridized carbons (Fsp3) is 0.417. The molecule has 9 heteroatoms. The zero-order valence-electron chi connectivity index (χ0n) is 11.2. The van der Waals surface area contributed by atoms with Crippen molar-refractivity contribution in [2.45, 2.75) is 23.8 Å². The highest BCUT2D eigenvalue weighted by Gasteiger charge is 2.25. The third kappa shape index (κ3) is 2.82. The Bertz CT molecular complexity index is 746. The van der Waals surface area contributed by atoms with Crippen molar-refractivity contribution in [1.82, 2.24) is 35.5 Å². The third-order valence-corrected chi connectivity index (χ3v) is 4.24. The van der Waals surface area contributed by atoms with Gasteiger partial charge in [-0.3, -0.25) is 5.10 Å². The molecule has 3 heterocycles. The SMILES string of the molecule is c1cc2nnnn2nc1SCCNc1cc(C2CC2)[nH]n1. The minimum absolute atomic E-state index is 0.654. The molecule has 0 atom stereocenters. The summed E-state index contributed by atoms with van der Waals surface area (Å²) in [6, 6.07) is 5.89. The summed E-state index contributed by atoms with van der Waals surface area (Å²) in [7, 11) is 0. The molecule has 3 aromatic heterocycles. The molecule has 1 aliphatic rings. The predicted molar refractivity (Wildman–Crippen MR) is 78.4 cm³/mol. The second-order valence-electron chi connectivity index (χ2n) is 4.96. The van der Waals surface area contributed by atoms with Gasteiger partial charge in [0.15, 0.2) is 5.65 Å². The Morgan fingerprint density at radius 3 is 3.24 bits per heavy atom. The van der Waals surface area contributed by atoms with Crippen LogP contribution < -0.4 is 5.32 Å². The van der Waals surface area contributed by atoms with Gasteiger partial charge >= 0.3 is 0 Å². The molecule has 0 unspecified atom stereocenters. The molecule has 1 fully saturated rings. The minimum atomic E-state index is 0.654. The fourth-order valence-electron chi connectivity index (χ4n) is 2.08. The Labute approximate surface area is 124 Å². The minimum Gasteiger partial charge on any atom is -0.368 e. The fourth-order valence-corrected chi connectivity index (χ4v) is 2.79. The number of H-pyrrole nitrogens is 1. The summed E-state index contributed by atoms with van der Waals surface area (Å²) in [5.41, 5.74) is 1.90. The Balaban J connectivity index is 1.28. The zero-order chi connectivity index (χ0) is 14.1. The van der Waals surface area contributed by atoms with Crippen LogP contribution in [-0.2, 0) is 0 Å². The molecule has 2 N–H and O–H groups in total. The maximum atomic E-state index is 4.31. The molecule has 0 aromatic carbocycles. The second-order valence-corrected chi connectivity index (χ2v) is 6.07. The number of hydrogen-bond donors (Lipinski definition) is 2. The maximum absolute atomic E-state index is 4.31. The highest BCUT2D eigenvalue weighted by molar-refractivity contribution is 7.99. The van der Waals surface area contributed by atoms with E-state index in [1.54, 1.807) is 11.8 Å². The summed E-state index contributed by atoms with van der Waals surface area (Å²) in [5.74, 6) is 2.52. The Morgan fingerprint density at radius 2 is 2.33 bits per heavy atom. The van der Waals surface area contributed by atoms with E-state index in [2.05, 4.69) is 42.2 Å². The van der Waals surface area contributed by atoms with Crippen LogP contribution in [-0.4, -0.2) is 47.7 Å². The molecule has 0 radical (unpaired) electrons. The van der Waals surface area contributed by atoms with Gasteiger partial charge in [-0.2, -0.15) is 5.10 Å². The molecule has 108 valence electrons. The number of nitrogens with zero attached hydrogens (tertiary/aromatic N) is 6. The van der Waals surface area contributed by atoms with Crippen LogP contribution in [0.2, 0.25) is 0 Å². The second kappa shape index (κ2) is 5.32. The molecule has 4 rings (SSSR count). The van der Waals surface area contributed by atoms with Crippen LogP contribution in [0.4, 0.5) is 5.82 Å². The number of aromatic amines is 1. The van der Waals surface area contributed by atoms with Gasteiger partial charge in [0, 0.05) is 30.0 Å². The lowest BCUT2D eigenvalue weighted by Crippen LogP contribution is -2.05. The lowest BCUT2D eigenvalue weighted by molar-refractivity contribution is 0.702. The Kier molecular flexibility index (Phi) is 3.18. The van der Waals surface area contributed by atoms with Gasteiger partial charge in [0.25, 0.3) is 0 Å². The number of tetrazole rings is 1. The predicted octanol–water partition coefficient (Wildman–Crippen LogP) is 1.32. The van der Waals surface area contributed by atoms with Crippen LogP contribution in [0, 0.1) is 0 Å². The summed E-state index contributed by atoms with van der Waals surface area (Å²) in [6.45, 7) is 0.828. The average Bonchev–Trinajstić information content (AvgIpc) is 3.07. The van der Waals surface area contributed by atoms with E-state index in [9.17, 15) is 0 Å². The summed E-state index contributed by atoms with van der Waals surface area (Å²) in [5, 5.41) is 27.0. The van der Waals surface area contributed by atoms with Gasteiger partial charge in [0.05, 0.1) is 0 Å². The first-order valence-electron chi connectivity index (χ1n) is 6.86. The van der Waals surface area contributed by atoms with Gasteiger partial charge in [-0.05, 0) is 35.4 Å². The normalized spacial score (nSPS) is 14.7.